The topological polar surface area (TPSA) is 109 Å². The predicted molar refractivity (Wildman–Crippen MR) is 115 cm³/mol. The lowest BCUT2D eigenvalue weighted by Crippen LogP contribution is -2.19. The first kappa shape index (κ1) is 17.2. The number of fused-ring (bicyclic) bond motifs is 2. The lowest BCUT2D eigenvalue weighted by Gasteiger charge is -2.19. The van der Waals surface area contributed by atoms with Crippen LogP contribution >= 0.6 is 0 Å². The number of nitrogens with one attached hydrogen (secondary N) is 2. The molecule has 0 fully saturated rings. The van der Waals surface area contributed by atoms with Crippen LogP contribution in [0.2, 0.25) is 0 Å². The van der Waals surface area contributed by atoms with E-state index in [-0.39, 0.29) is 5.95 Å². The fourth-order valence-electron chi connectivity index (χ4n) is 3.54. The predicted octanol–water partition coefficient (Wildman–Crippen LogP) is 3.37. The second kappa shape index (κ2) is 6.59. The molecule has 4 aromatic rings. The largest absolute Gasteiger partial charge is 0.368 e. The quantitative estimate of drug-likeness (QED) is 0.500. The third-order valence-electron chi connectivity index (χ3n) is 5.21. The molecule has 8 heteroatoms. The molecular formula is C21H20N8. The molecule has 144 valence electrons. The van der Waals surface area contributed by atoms with Gasteiger partial charge >= 0.3 is 0 Å². The number of nitrogen functional groups attached to an aromatic ring is 1. The summed E-state index contributed by atoms with van der Waals surface area (Å²) in [7, 11) is 0. The van der Waals surface area contributed by atoms with Crippen molar-refractivity contribution in [3.63, 3.8) is 0 Å². The molecule has 0 aliphatic carbocycles. The molecule has 0 radical (unpaired) electrons. The Labute approximate surface area is 166 Å². The highest BCUT2D eigenvalue weighted by Crippen LogP contribution is 2.30. The maximum atomic E-state index is 5.69. The van der Waals surface area contributed by atoms with Gasteiger partial charge in [0, 0.05) is 64.8 Å². The molecule has 5 heterocycles. The molecule has 0 saturated heterocycles. The summed E-state index contributed by atoms with van der Waals surface area (Å²) < 4.78 is 1.84. The number of aliphatic imine (C=N–C) groups is 1. The molecule has 0 saturated carbocycles. The molecule has 1 aliphatic rings. The van der Waals surface area contributed by atoms with E-state index < -0.39 is 0 Å². The number of rotatable bonds is 4. The van der Waals surface area contributed by atoms with Gasteiger partial charge in [0.15, 0.2) is 0 Å². The summed E-state index contributed by atoms with van der Waals surface area (Å²) in [5, 5.41) is 8.80. The van der Waals surface area contributed by atoms with Crippen LogP contribution in [0.1, 0.15) is 18.9 Å². The first-order valence-corrected chi connectivity index (χ1v) is 9.35. The van der Waals surface area contributed by atoms with Crippen LogP contribution in [0, 0.1) is 5.92 Å². The third-order valence-corrected chi connectivity index (χ3v) is 5.21. The van der Waals surface area contributed by atoms with Crippen molar-refractivity contribution in [2.45, 2.75) is 13.3 Å². The Hall–Kier alpha value is -3.94. The third kappa shape index (κ3) is 2.94. The van der Waals surface area contributed by atoms with Crippen LogP contribution in [0.4, 0.5) is 5.95 Å². The van der Waals surface area contributed by atoms with Crippen molar-refractivity contribution < 1.29 is 0 Å². The van der Waals surface area contributed by atoms with E-state index in [2.05, 4.69) is 49.9 Å². The number of hydrogen-bond donors (Lipinski definition) is 3. The second-order valence-electron chi connectivity index (χ2n) is 7.15. The smallest absolute Gasteiger partial charge is 0.221 e. The molecular weight excluding hydrogens is 364 g/mol. The average Bonchev–Trinajstić information content (AvgIpc) is 3.32. The highest BCUT2D eigenvalue weighted by atomic mass is 15.2. The lowest BCUT2D eigenvalue weighted by molar-refractivity contribution is 0.670. The Morgan fingerprint density at radius 3 is 3.14 bits per heavy atom. The molecule has 5 rings (SSSR count). The summed E-state index contributed by atoms with van der Waals surface area (Å²) in [6.07, 6.45) is 12.1. The van der Waals surface area contributed by atoms with Crippen LogP contribution in [0.3, 0.4) is 0 Å². The van der Waals surface area contributed by atoms with Crippen molar-refractivity contribution in [3.05, 3.63) is 61.0 Å². The van der Waals surface area contributed by atoms with Crippen LogP contribution in [0.25, 0.3) is 33.4 Å². The number of nitrogens with zero attached hydrogens (tertiary/aromatic N) is 5. The average molecular weight is 384 g/mol. The number of allylic oxidation sites excluding steroid dienone is 1. The minimum Gasteiger partial charge on any atom is -0.368 e. The monoisotopic (exact) mass is 384 g/mol. The number of pyridine rings is 1. The maximum absolute atomic E-state index is 5.69. The lowest BCUT2D eigenvalue weighted by atomic mass is 10.0. The Kier molecular flexibility index (Phi) is 3.90. The highest BCUT2D eigenvalue weighted by molar-refractivity contribution is 5.94. The Bertz CT molecular complexity index is 1310. The Morgan fingerprint density at radius 2 is 2.28 bits per heavy atom. The number of aromatic amines is 1. The fraction of sp³-hybridized carbons (Fsp3) is 0.143. The van der Waals surface area contributed by atoms with Crippen molar-refractivity contribution in [2.24, 2.45) is 10.9 Å². The van der Waals surface area contributed by atoms with Gasteiger partial charge in [-0.3, -0.25) is 4.99 Å². The summed E-state index contributed by atoms with van der Waals surface area (Å²) in [5.74, 6) is 0.623. The van der Waals surface area contributed by atoms with Gasteiger partial charge < -0.3 is 16.0 Å². The highest BCUT2D eigenvalue weighted by Gasteiger charge is 2.16. The van der Waals surface area contributed by atoms with E-state index in [1.165, 1.54) is 0 Å². The molecule has 8 nitrogen and oxygen atoms in total. The zero-order valence-corrected chi connectivity index (χ0v) is 15.9. The van der Waals surface area contributed by atoms with Crippen molar-refractivity contribution >= 4 is 34.4 Å². The number of anilines is 1. The van der Waals surface area contributed by atoms with Crippen molar-refractivity contribution in [2.75, 3.05) is 5.73 Å². The summed E-state index contributed by atoms with van der Waals surface area (Å²) in [4.78, 5) is 15.8. The molecule has 4 N–H and O–H groups in total. The van der Waals surface area contributed by atoms with Crippen molar-refractivity contribution in [3.8, 4) is 11.1 Å². The zero-order chi connectivity index (χ0) is 20.0. The van der Waals surface area contributed by atoms with Gasteiger partial charge in [-0.25, -0.2) is 9.50 Å². The molecule has 4 aromatic heterocycles. The molecule has 1 aliphatic heterocycles. The zero-order valence-electron chi connectivity index (χ0n) is 15.9. The maximum Gasteiger partial charge on any atom is 0.221 e. The summed E-state index contributed by atoms with van der Waals surface area (Å²) in [5.41, 5.74) is 12.2. The molecule has 0 spiro atoms. The van der Waals surface area contributed by atoms with E-state index in [1.54, 1.807) is 6.20 Å². The van der Waals surface area contributed by atoms with Crippen molar-refractivity contribution in [1.82, 2.24) is 29.9 Å². The van der Waals surface area contributed by atoms with Crippen LogP contribution in [0.15, 0.2) is 60.4 Å². The molecule has 0 aromatic carbocycles. The van der Waals surface area contributed by atoms with E-state index in [0.29, 0.717) is 11.6 Å². The summed E-state index contributed by atoms with van der Waals surface area (Å²) in [6, 6.07) is 4.10. The SMILES string of the molecule is C=C(NC1=CN=CCC1C)c1cnn2ccc(-c3c[nH]c4nc(N)ncc34)cc12. The van der Waals surface area contributed by atoms with Crippen LogP contribution in [-0.4, -0.2) is 30.8 Å². The van der Waals surface area contributed by atoms with Gasteiger partial charge in [-0.05, 0) is 24.1 Å². The number of H-pyrrole nitrogens is 1. The van der Waals surface area contributed by atoms with E-state index in [9.17, 15) is 0 Å². The number of aromatic nitrogens is 5. The van der Waals surface area contributed by atoms with Gasteiger partial charge in [0.25, 0.3) is 0 Å². The summed E-state index contributed by atoms with van der Waals surface area (Å²) in [6.45, 7) is 6.39. The Morgan fingerprint density at radius 1 is 1.38 bits per heavy atom. The van der Waals surface area contributed by atoms with E-state index >= 15 is 0 Å². The molecule has 0 amide bonds. The second-order valence-corrected chi connectivity index (χ2v) is 7.15. The van der Waals surface area contributed by atoms with Crippen LogP contribution in [-0.2, 0) is 0 Å². The normalized spacial score (nSPS) is 16.3. The molecule has 29 heavy (non-hydrogen) atoms. The van der Waals surface area contributed by atoms with E-state index in [4.69, 9.17) is 5.73 Å². The van der Waals surface area contributed by atoms with Crippen molar-refractivity contribution in [1.29, 1.82) is 0 Å². The number of hydrogen-bond acceptors (Lipinski definition) is 6. The minimum atomic E-state index is 0.248. The van der Waals surface area contributed by atoms with Gasteiger partial charge in [-0.1, -0.05) is 13.5 Å². The van der Waals surface area contributed by atoms with Gasteiger partial charge in [0.2, 0.25) is 5.95 Å². The Balaban J connectivity index is 1.54. The number of nitrogens with two attached hydrogens (primary N) is 1. The van der Waals surface area contributed by atoms with E-state index in [0.717, 1.165) is 45.4 Å². The first-order chi connectivity index (χ1) is 14.1. The first-order valence-electron chi connectivity index (χ1n) is 9.35. The van der Waals surface area contributed by atoms with Gasteiger partial charge in [0.1, 0.15) is 5.65 Å². The van der Waals surface area contributed by atoms with Gasteiger partial charge in [-0.2, -0.15) is 10.1 Å². The molecule has 0 bridgehead atoms. The van der Waals surface area contributed by atoms with Gasteiger partial charge in [-0.15, -0.1) is 0 Å². The van der Waals surface area contributed by atoms with E-state index in [1.807, 2.05) is 41.6 Å². The molecule has 1 unspecified atom stereocenters. The molecule has 1 atom stereocenters. The van der Waals surface area contributed by atoms with Crippen LogP contribution in [0.5, 0.6) is 0 Å². The van der Waals surface area contributed by atoms with Crippen LogP contribution < -0.4 is 11.1 Å². The van der Waals surface area contributed by atoms with Gasteiger partial charge in [0.05, 0.1) is 11.7 Å². The minimum absolute atomic E-state index is 0.248. The standard InChI is InChI=1S/C21H20N8/c1-12-3-5-23-11-18(12)27-13(2)15-10-26-29-6-4-14(7-19(15)29)16-8-24-20-17(16)9-25-21(22)28-20/h4-12,27H,2-3H2,1H3,(H3,22,24,25,28). The summed E-state index contributed by atoms with van der Waals surface area (Å²) >= 11 is 0. The fourth-order valence-corrected chi connectivity index (χ4v) is 3.54.